The van der Waals surface area contributed by atoms with Crippen molar-refractivity contribution < 1.29 is 27.5 Å². The van der Waals surface area contributed by atoms with Gasteiger partial charge in [-0.2, -0.15) is 0 Å². The molecule has 0 bridgehead atoms. The lowest BCUT2D eigenvalue weighted by molar-refractivity contribution is -0.120. The number of ether oxygens (including phenoxy) is 2. The molecule has 4 rings (SSSR count). The second-order valence-corrected chi connectivity index (χ2v) is 10.2. The number of anilines is 1. The minimum atomic E-state index is -4.45. The van der Waals surface area contributed by atoms with Gasteiger partial charge in [-0.15, -0.1) is 0 Å². The lowest BCUT2D eigenvalue weighted by Gasteiger charge is -2.31. The highest BCUT2D eigenvalue weighted by molar-refractivity contribution is 7.91. The zero-order valence-corrected chi connectivity index (χ0v) is 20.7. The first-order valence-corrected chi connectivity index (χ1v) is 12.3. The number of benzene rings is 3. The number of sulfone groups is 1. The SMILES string of the molecule is COc1ccc(S(=O)(=O)c2c(Cl)ccc3c2C(NC(N)=O)(c2ccccc2Cl)C(=O)N3)c(OC)c1. The van der Waals surface area contributed by atoms with E-state index in [1.54, 1.807) is 12.1 Å². The molecule has 0 spiro atoms. The van der Waals surface area contributed by atoms with E-state index in [4.69, 9.17) is 38.4 Å². The van der Waals surface area contributed by atoms with Gasteiger partial charge in [0.1, 0.15) is 16.4 Å². The number of methoxy groups -OCH3 is 2. The van der Waals surface area contributed by atoms with E-state index >= 15 is 0 Å². The molecule has 3 aromatic carbocycles. The Morgan fingerprint density at radius 3 is 2.37 bits per heavy atom. The summed E-state index contributed by atoms with van der Waals surface area (Å²) in [5, 5.41) is 4.94. The number of urea groups is 1. The van der Waals surface area contributed by atoms with Crippen molar-refractivity contribution in [1.29, 1.82) is 0 Å². The Bertz CT molecular complexity index is 1480. The Kier molecular flexibility index (Phi) is 6.31. The number of hydrogen-bond acceptors (Lipinski definition) is 6. The number of halogens is 2. The number of carbonyl (C=O) groups is 2. The average molecular weight is 536 g/mol. The number of nitrogens with two attached hydrogens (primary N) is 1. The van der Waals surface area contributed by atoms with Crippen molar-refractivity contribution in [3.63, 3.8) is 0 Å². The van der Waals surface area contributed by atoms with Gasteiger partial charge in [0.05, 0.1) is 24.1 Å². The number of primary amides is 1. The molecule has 1 atom stereocenters. The summed E-state index contributed by atoms with van der Waals surface area (Å²) in [5.74, 6) is -0.413. The van der Waals surface area contributed by atoms with Gasteiger partial charge in [0.25, 0.3) is 5.91 Å². The Morgan fingerprint density at radius 1 is 1.03 bits per heavy atom. The van der Waals surface area contributed by atoms with Crippen LogP contribution in [0.25, 0.3) is 0 Å². The van der Waals surface area contributed by atoms with Gasteiger partial charge in [-0.1, -0.05) is 41.4 Å². The molecule has 35 heavy (non-hydrogen) atoms. The molecule has 0 saturated carbocycles. The lowest BCUT2D eigenvalue weighted by Crippen LogP contribution is -2.54. The highest BCUT2D eigenvalue weighted by Crippen LogP contribution is 2.50. The fourth-order valence-corrected chi connectivity index (χ4v) is 6.60. The molecule has 1 heterocycles. The number of rotatable bonds is 6. The first-order chi connectivity index (χ1) is 16.6. The predicted octanol–water partition coefficient (Wildman–Crippen LogP) is 3.71. The number of fused-ring (bicyclic) bond motifs is 1. The molecule has 3 aromatic rings. The van der Waals surface area contributed by atoms with E-state index in [1.165, 1.54) is 56.7 Å². The predicted molar refractivity (Wildman–Crippen MR) is 130 cm³/mol. The number of nitrogens with one attached hydrogen (secondary N) is 2. The normalized spacial score (nSPS) is 16.9. The Morgan fingerprint density at radius 2 is 1.74 bits per heavy atom. The molecular weight excluding hydrogens is 517 g/mol. The maximum atomic E-state index is 14.1. The summed E-state index contributed by atoms with van der Waals surface area (Å²) in [6.07, 6.45) is 0. The Hall–Kier alpha value is -3.47. The van der Waals surface area contributed by atoms with Crippen LogP contribution in [0.3, 0.4) is 0 Å². The van der Waals surface area contributed by atoms with Crippen LogP contribution in [0.15, 0.2) is 64.4 Å². The molecule has 182 valence electrons. The Labute approximate surface area is 211 Å². The fraction of sp³-hybridized carbons (Fsp3) is 0.130. The molecule has 1 unspecified atom stereocenters. The minimum absolute atomic E-state index is 0.0125. The van der Waals surface area contributed by atoms with E-state index in [1.807, 2.05) is 0 Å². The monoisotopic (exact) mass is 535 g/mol. The van der Waals surface area contributed by atoms with Gasteiger partial charge in [-0.05, 0) is 30.3 Å². The second-order valence-electron chi connectivity index (χ2n) is 7.49. The third-order valence-electron chi connectivity index (χ3n) is 5.59. The minimum Gasteiger partial charge on any atom is -0.497 e. The number of amides is 3. The summed E-state index contributed by atoms with van der Waals surface area (Å²) >= 11 is 12.9. The van der Waals surface area contributed by atoms with Crippen LogP contribution < -0.4 is 25.8 Å². The van der Waals surface area contributed by atoms with Crippen LogP contribution in [0.5, 0.6) is 11.5 Å². The van der Waals surface area contributed by atoms with Crippen molar-refractivity contribution in [3.8, 4) is 11.5 Å². The van der Waals surface area contributed by atoms with Crippen LogP contribution in [0.4, 0.5) is 10.5 Å². The number of carbonyl (C=O) groups excluding carboxylic acids is 2. The van der Waals surface area contributed by atoms with Crippen molar-refractivity contribution in [2.75, 3.05) is 19.5 Å². The standard InChI is InChI=1S/C23H19Cl2N3O6S/c1-33-12-7-10-18(17(11-12)34-2)35(31,32)20-15(25)8-9-16-19(20)23(21(29)27-16,28-22(26)30)13-5-3-4-6-14(13)24/h3-11H,1-2H3,(H,27,29)(H3,26,28,30). The quantitative estimate of drug-likeness (QED) is 0.440. The van der Waals surface area contributed by atoms with Crippen molar-refractivity contribution in [3.05, 3.63) is 75.8 Å². The molecule has 1 aliphatic heterocycles. The van der Waals surface area contributed by atoms with E-state index < -0.39 is 32.2 Å². The van der Waals surface area contributed by atoms with Crippen LogP contribution in [-0.2, 0) is 20.2 Å². The van der Waals surface area contributed by atoms with E-state index in [-0.39, 0.29) is 37.5 Å². The highest BCUT2D eigenvalue weighted by atomic mass is 35.5. The van der Waals surface area contributed by atoms with Crippen molar-refractivity contribution >= 4 is 50.7 Å². The third kappa shape index (κ3) is 3.83. The van der Waals surface area contributed by atoms with Crippen LogP contribution >= 0.6 is 23.2 Å². The van der Waals surface area contributed by atoms with Gasteiger partial charge < -0.3 is 25.8 Å². The molecule has 0 aromatic heterocycles. The molecule has 0 aliphatic carbocycles. The van der Waals surface area contributed by atoms with E-state index in [0.29, 0.717) is 5.75 Å². The zero-order valence-electron chi connectivity index (χ0n) is 18.4. The summed E-state index contributed by atoms with van der Waals surface area (Å²) in [5.41, 5.74) is 3.46. The van der Waals surface area contributed by atoms with Gasteiger partial charge in [0.2, 0.25) is 9.84 Å². The average Bonchev–Trinajstić information content (AvgIpc) is 3.09. The fourth-order valence-electron chi connectivity index (χ4n) is 4.13. The van der Waals surface area contributed by atoms with E-state index in [9.17, 15) is 18.0 Å². The zero-order chi connectivity index (χ0) is 25.5. The van der Waals surface area contributed by atoms with Gasteiger partial charge in [-0.3, -0.25) is 4.79 Å². The summed E-state index contributed by atoms with van der Waals surface area (Å²) in [6.45, 7) is 0. The second kappa shape index (κ2) is 8.95. The maximum Gasteiger partial charge on any atom is 0.313 e. The number of hydrogen-bond donors (Lipinski definition) is 3. The molecule has 9 nitrogen and oxygen atoms in total. The first kappa shape index (κ1) is 24.6. The van der Waals surface area contributed by atoms with Crippen LogP contribution in [0.1, 0.15) is 11.1 Å². The summed E-state index contributed by atoms with van der Waals surface area (Å²) < 4.78 is 38.6. The third-order valence-corrected chi connectivity index (χ3v) is 8.23. The summed E-state index contributed by atoms with van der Waals surface area (Å²) in [6, 6.07) is 12.0. The molecule has 3 amide bonds. The van der Waals surface area contributed by atoms with Gasteiger partial charge in [0.15, 0.2) is 5.54 Å². The van der Waals surface area contributed by atoms with E-state index in [2.05, 4.69) is 10.6 Å². The molecule has 0 fully saturated rings. The van der Waals surface area contributed by atoms with Crippen LogP contribution in [0, 0.1) is 0 Å². The highest BCUT2D eigenvalue weighted by Gasteiger charge is 2.54. The van der Waals surface area contributed by atoms with Gasteiger partial charge in [-0.25, -0.2) is 13.2 Å². The van der Waals surface area contributed by atoms with Crippen molar-refractivity contribution in [2.45, 2.75) is 15.3 Å². The van der Waals surface area contributed by atoms with Crippen LogP contribution in [-0.4, -0.2) is 34.6 Å². The molecule has 0 radical (unpaired) electrons. The molecule has 1 aliphatic rings. The molecular formula is C23H19Cl2N3O6S. The van der Waals surface area contributed by atoms with Crippen LogP contribution in [0.2, 0.25) is 10.0 Å². The maximum absolute atomic E-state index is 14.1. The molecule has 4 N–H and O–H groups in total. The largest absolute Gasteiger partial charge is 0.497 e. The summed E-state index contributed by atoms with van der Waals surface area (Å²) in [4.78, 5) is 25.0. The van der Waals surface area contributed by atoms with Gasteiger partial charge >= 0.3 is 6.03 Å². The van der Waals surface area contributed by atoms with E-state index in [0.717, 1.165) is 0 Å². The van der Waals surface area contributed by atoms with Crippen molar-refractivity contribution in [2.24, 2.45) is 5.73 Å². The Balaban J connectivity index is 2.12. The van der Waals surface area contributed by atoms with Crippen molar-refractivity contribution in [1.82, 2.24) is 5.32 Å². The lowest BCUT2D eigenvalue weighted by atomic mass is 9.83. The summed E-state index contributed by atoms with van der Waals surface area (Å²) in [7, 11) is -1.72. The topological polar surface area (TPSA) is 137 Å². The first-order valence-electron chi connectivity index (χ1n) is 10.0. The molecule has 0 saturated heterocycles. The van der Waals surface area contributed by atoms with Gasteiger partial charge in [0, 0.05) is 27.9 Å². The smallest absolute Gasteiger partial charge is 0.313 e. The molecule has 12 heteroatoms.